The van der Waals surface area contributed by atoms with E-state index in [1.807, 2.05) is 11.9 Å². The summed E-state index contributed by atoms with van der Waals surface area (Å²) in [6, 6.07) is 1.88. The van der Waals surface area contributed by atoms with Gasteiger partial charge in [-0.3, -0.25) is 9.59 Å². The Morgan fingerprint density at radius 2 is 2.00 bits per heavy atom. The molecule has 0 spiro atoms. The third-order valence-electron chi connectivity index (χ3n) is 3.43. The molecule has 19 heavy (non-hydrogen) atoms. The van der Waals surface area contributed by atoms with Crippen molar-refractivity contribution in [1.82, 2.24) is 14.8 Å². The van der Waals surface area contributed by atoms with Crippen LogP contribution in [-0.2, 0) is 11.8 Å². The van der Waals surface area contributed by atoms with Gasteiger partial charge in [-0.15, -0.1) is 0 Å². The average molecular weight is 264 g/mol. The van der Waals surface area contributed by atoms with Crippen molar-refractivity contribution in [2.24, 2.45) is 7.05 Å². The Morgan fingerprint density at radius 1 is 1.37 bits per heavy atom. The van der Waals surface area contributed by atoms with E-state index in [0.717, 1.165) is 12.8 Å². The van der Waals surface area contributed by atoms with Crippen LogP contribution >= 0.6 is 0 Å². The number of likely N-dealkylation sites (tertiary alicyclic amines) is 1. The largest absolute Gasteiger partial charge is 0.397 e. The summed E-state index contributed by atoms with van der Waals surface area (Å²) in [7, 11) is 1.81. The number of nitrogens with two attached hydrogens (primary N) is 1. The van der Waals surface area contributed by atoms with Crippen LogP contribution in [0, 0.1) is 0 Å². The monoisotopic (exact) mass is 264 g/mol. The van der Waals surface area contributed by atoms with Crippen molar-refractivity contribution in [2.75, 3.05) is 18.8 Å². The van der Waals surface area contributed by atoms with E-state index < -0.39 is 0 Å². The maximum Gasteiger partial charge on any atom is 0.270 e. The molecule has 1 aliphatic rings. The topological polar surface area (TPSA) is 80.4 Å². The van der Waals surface area contributed by atoms with Gasteiger partial charge >= 0.3 is 0 Å². The zero-order valence-electron chi connectivity index (χ0n) is 11.3. The third kappa shape index (κ3) is 3.07. The number of aryl methyl sites for hydroxylation is 1. The third-order valence-corrected chi connectivity index (χ3v) is 3.43. The standard InChI is InChI=1S/C13H20N4O2/c1-9(18)15-11-3-5-17(6-4-11)13(19)12-7-10(14)8-16(12)2/h7-8,11H,3-6,14H2,1-2H3,(H,15,18). The first kappa shape index (κ1) is 13.5. The number of amides is 2. The van der Waals surface area contributed by atoms with E-state index in [1.165, 1.54) is 6.92 Å². The quantitative estimate of drug-likeness (QED) is 0.808. The Balaban J connectivity index is 1.96. The zero-order valence-corrected chi connectivity index (χ0v) is 11.3. The molecule has 2 amide bonds. The predicted octanol–water partition coefficient (Wildman–Crippen LogP) is 0.348. The molecular formula is C13H20N4O2. The zero-order chi connectivity index (χ0) is 14.0. The Labute approximate surface area is 112 Å². The number of piperidine rings is 1. The van der Waals surface area contributed by atoms with Crippen molar-refractivity contribution in [3.05, 3.63) is 18.0 Å². The van der Waals surface area contributed by atoms with Crippen molar-refractivity contribution in [3.63, 3.8) is 0 Å². The lowest BCUT2D eigenvalue weighted by molar-refractivity contribution is -0.119. The maximum absolute atomic E-state index is 12.3. The molecule has 0 atom stereocenters. The molecule has 1 fully saturated rings. The van der Waals surface area contributed by atoms with E-state index in [4.69, 9.17) is 5.73 Å². The molecule has 3 N–H and O–H groups in total. The number of anilines is 1. The Morgan fingerprint density at radius 3 is 2.47 bits per heavy atom. The van der Waals surface area contributed by atoms with Gasteiger partial charge in [0.1, 0.15) is 5.69 Å². The van der Waals surface area contributed by atoms with E-state index in [0.29, 0.717) is 24.5 Å². The lowest BCUT2D eigenvalue weighted by atomic mass is 10.0. The van der Waals surface area contributed by atoms with Crippen molar-refractivity contribution in [3.8, 4) is 0 Å². The predicted molar refractivity (Wildman–Crippen MR) is 72.6 cm³/mol. The summed E-state index contributed by atoms with van der Waals surface area (Å²) in [5.41, 5.74) is 6.89. The summed E-state index contributed by atoms with van der Waals surface area (Å²) >= 11 is 0. The van der Waals surface area contributed by atoms with Gasteiger partial charge in [-0.1, -0.05) is 0 Å². The fraction of sp³-hybridized carbons (Fsp3) is 0.538. The number of hydrogen-bond donors (Lipinski definition) is 2. The fourth-order valence-corrected chi connectivity index (χ4v) is 2.48. The summed E-state index contributed by atoms with van der Waals surface area (Å²) in [6.07, 6.45) is 3.33. The summed E-state index contributed by atoms with van der Waals surface area (Å²) in [4.78, 5) is 25.1. The molecule has 6 heteroatoms. The van der Waals surface area contributed by atoms with Crippen LogP contribution in [0.25, 0.3) is 0 Å². The lowest BCUT2D eigenvalue weighted by Gasteiger charge is -2.32. The van der Waals surface area contributed by atoms with Gasteiger partial charge in [0.05, 0.1) is 5.69 Å². The molecule has 0 unspecified atom stereocenters. The molecule has 2 rings (SSSR count). The van der Waals surface area contributed by atoms with Gasteiger partial charge in [-0.25, -0.2) is 0 Å². The molecule has 1 saturated heterocycles. The smallest absolute Gasteiger partial charge is 0.270 e. The number of rotatable bonds is 2. The number of nitrogen functional groups attached to an aromatic ring is 1. The van der Waals surface area contributed by atoms with Gasteiger partial charge in [0.25, 0.3) is 5.91 Å². The van der Waals surface area contributed by atoms with E-state index in [9.17, 15) is 9.59 Å². The highest BCUT2D eigenvalue weighted by Gasteiger charge is 2.25. The molecule has 0 bridgehead atoms. The molecule has 1 aliphatic heterocycles. The fourth-order valence-electron chi connectivity index (χ4n) is 2.48. The van der Waals surface area contributed by atoms with Crippen LogP contribution in [-0.4, -0.2) is 40.4 Å². The molecule has 1 aromatic heterocycles. The molecule has 1 aromatic rings. The second kappa shape index (κ2) is 5.34. The molecule has 0 radical (unpaired) electrons. The van der Waals surface area contributed by atoms with Gasteiger partial charge in [0.2, 0.25) is 5.91 Å². The maximum atomic E-state index is 12.3. The van der Waals surface area contributed by atoms with Crippen LogP contribution in [0.1, 0.15) is 30.3 Å². The van der Waals surface area contributed by atoms with E-state index in [1.54, 1.807) is 16.8 Å². The Hall–Kier alpha value is -1.98. The van der Waals surface area contributed by atoms with Crippen molar-refractivity contribution >= 4 is 17.5 Å². The molecule has 0 saturated carbocycles. The number of nitrogens with one attached hydrogen (secondary N) is 1. The SMILES string of the molecule is CC(=O)NC1CCN(C(=O)c2cc(N)cn2C)CC1. The number of hydrogen-bond acceptors (Lipinski definition) is 3. The number of nitrogens with zero attached hydrogens (tertiary/aromatic N) is 2. The first-order chi connectivity index (χ1) is 8.97. The lowest BCUT2D eigenvalue weighted by Crippen LogP contribution is -2.46. The average Bonchev–Trinajstić information content (AvgIpc) is 2.68. The van der Waals surface area contributed by atoms with E-state index in [2.05, 4.69) is 5.32 Å². The van der Waals surface area contributed by atoms with Gasteiger partial charge in [0.15, 0.2) is 0 Å². The molecule has 104 valence electrons. The van der Waals surface area contributed by atoms with Gasteiger partial charge < -0.3 is 20.5 Å². The summed E-state index contributed by atoms with van der Waals surface area (Å²) < 4.78 is 1.75. The second-order valence-electron chi connectivity index (χ2n) is 5.04. The minimum atomic E-state index is -0.0139. The summed E-state index contributed by atoms with van der Waals surface area (Å²) in [6.45, 7) is 2.84. The Bertz CT molecular complexity index is 487. The van der Waals surface area contributed by atoms with Gasteiger partial charge in [-0.05, 0) is 18.9 Å². The highest BCUT2D eigenvalue weighted by molar-refractivity contribution is 5.93. The normalized spacial score (nSPS) is 16.4. The van der Waals surface area contributed by atoms with E-state index >= 15 is 0 Å². The van der Waals surface area contributed by atoms with Crippen molar-refractivity contribution in [1.29, 1.82) is 0 Å². The van der Waals surface area contributed by atoms with Crippen LogP contribution in [0.2, 0.25) is 0 Å². The molecule has 0 aliphatic carbocycles. The molecule has 0 aromatic carbocycles. The highest BCUT2D eigenvalue weighted by Crippen LogP contribution is 2.16. The summed E-state index contributed by atoms with van der Waals surface area (Å²) in [5, 5.41) is 2.89. The van der Waals surface area contributed by atoms with Gasteiger partial charge in [0, 0.05) is 39.3 Å². The molecular weight excluding hydrogens is 244 g/mol. The van der Waals surface area contributed by atoms with Crippen LogP contribution in [0.4, 0.5) is 5.69 Å². The van der Waals surface area contributed by atoms with E-state index in [-0.39, 0.29) is 17.9 Å². The first-order valence-electron chi connectivity index (χ1n) is 6.45. The first-order valence-corrected chi connectivity index (χ1v) is 6.45. The number of aromatic nitrogens is 1. The van der Waals surface area contributed by atoms with Crippen molar-refractivity contribution in [2.45, 2.75) is 25.8 Å². The molecule has 6 nitrogen and oxygen atoms in total. The van der Waals surface area contributed by atoms with Crippen LogP contribution in [0.3, 0.4) is 0 Å². The Kier molecular flexibility index (Phi) is 3.78. The minimum Gasteiger partial charge on any atom is -0.397 e. The molecule has 2 heterocycles. The highest BCUT2D eigenvalue weighted by atomic mass is 16.2. The summed E-state index contributed by atoms with van der Waals surface area (Å²) in [5.74, 6) is -0.0135. The number of carbonyl (C=O) groups excluding carboxylic acids is 2. The van der Waals surface area contributed by atoms with Crippen molar-refractivity contribution < 1.29 is 9.59 Å². The van der Waals surface area contributed by atoms with Gasteiger partial charge in [-0.2, -0.15) is 0 Å². The second-order valence-corrected chi connectivity index (χ2v) is 5.04. The number of carbonyl (C=O) groups is 2. The van der Waals surface area contributed by atoms with Crippen LogP contribution in [0.5, 0.6) is 0 Å². The van der Waals surface area contributed by atoms with Crippen LogP contribution < -0.4 is 11.1 Å². The minimum absolute atomic E-state index is 0.000440. The van der Waals surface area contributed by atoms with Crippen LogP contribution in [0.15, 0.2) is 12.3 Å².